The Morgan fingerprint density at radius 3 is 2.22 bits per heavy atom. The van der Waals surface area contributed by atoms with Gasteiger partial charge in [0.15, 0.2) is 0 Å². The number of rotatable bonds is 3. The van der Waals surface area contributed by atoms with E-state index in [4.69, 9.17) is 5.11 Å². The van der Waals surface area contributed by atoms with E-state index >= 15 is 0 Å². The van der Waals surface area contributed by atoms with Crippen LogP contribution >= 0.6 is 15.9 Å². The molecule has 1 nitrogen and oxygen atoms in total. The first-order valence-corrected chi connectivity index (χ1v) is 3.52. The van der Waals surface area contributed by atoms with Crippen LogP contribution in [0.3, 0.4) is 0 Å². The molecule has 0 spiro atoms. The molecular formula is C5H9BrF2O. The van der Waals surface area contributed by atoms with Gasteiger partial charge in [-0.2, -0.15) is 8.78 Å². The summed E-state index contributed by atoms with van der Waals surface area (Å²) in [5.41, 5.74) is 0. The summed E-state index contributed by atoms with van der Waals surface area (Å²) in [6.45, 7) is 1.74. The second-order valence-corrected chi connectivity index (χ2v) is 2.90. The van der Waals surface area contributed by atoms with Crippen molar-refractivity contribution < 1.29 is 13.9 Å². The molecule has 0 amide bonds. The molecule has 0 aliphatic heterocycles. The van der Waals surface area contributed by atoms with Crippen LogP contribution in [0.2, 0.25) is 0 Å². The molecule has 0 aromatic carbocycles. The summed E-state index contributed by atoms with van der Waals surface area (Å²) in [7, 11) is 0. The van der Waals surface area contributed by atoms with Gasteiger partial charge in [0.05, 0.1) is 0 Å². The largest absolute Gasteiger partial charge is 0.386 e. The van der Waals surface area contributed by atoms with Crippen LogP contribution < -0.4 is 0 Å². The maximum absolute atomic E-state index is 12.0. The molecule has 0 aromatic heterocycles. The predicted molar refractivity (Wildman–Crippen MR) is 34.8 cm³/mol. The van der Waals surface area contributed by atoms with Crippen molar-refractivity contribution in [2.45, 2.75) is 30.7 Å². The number of hydrogen-bond acceptors (Lipinski definition) is 1. The van der Waals surface area contributed by atoms with Gasteiger partial charge in [-0.15, -0.1) is 0 Å². The fourth-order valence-electron chi connectivity index (χ4n) is 0.437. The van der Waals surface area contributed by atoms with Crippen LogP contribution in [0.25, 0.3) is 0 Å². The molecule has 56 valence electrons. The first-order chi connectivity index (χ1) is 3.98. The first-order valence-electron chi connectivity index (χ1n) is 2.73. The van der Waals surface area contributed by atoms with Gasteiger partial charge in [0.1, 0.15) is 6.10 Å². The third-order valence-corrected chi connectivity index (χ3v) is 1.47. The highest BCUT2D eigenvalue weighted by atomic mass is 79.9. The zero-order valence-corrected chi connectivity index (χ0v) is 6.66. The van der Waals surface area contributed by atoms with Crippen molar-refractivity contribution in [1.29, 1.82) is 0 Å². The highest BCUT2D eigenvalue weighted by molar-refractivity contribution is 9.10. The minimum absolute atomic E-state index is 0.123. The molecule has 0 bridgehead atoms. The Labute approximate surface area is 61.2 Å². The molecule has 0 fully saturated rings. The molecule has 1 N–H and O–H groups in total. The molecule has 0 saturated heterocycles. The molecular weight excluding hydrogens is 194 g/mol. The van der Waals surface area contributed by atoms with Crippen molar-refractivity contribution in [2.24, 2.45) is 0 Å². The molecule has 0 aliphatic rings. The van der Waals surface area contributed by atoms with Gasteiger partial charge in [0, 0.05) is 0 Å². The second-order valence-electron chi connectivity index (χ2n) is 1.85. The Kier molecular flexibility index (Phi) is 3.58. The summed E-state index contributed by atoms with van der Waals surface area (Å²) in [6, 6.07) is 0. The van der Waals surface area contributed by atoms with Gasteiger partial charge in [0.2, 0.25) is 0 Å². The zero-order chi connectivity index (χ0) is 7.49. The Morgan fingerprint density at radius 1 is 1.67 bits per heavy atom. The van der Waals surface area contributed by atoms with Crippen LogP contribution in [0.5, 0.6) is 0 Å². The van der Waals surface area contributed by atoms with E-state index in [0.29, 0.717) is 6.42 Å². The van der Waals surface area contributed by atoms with Gasteiger partial charge in [-0.25, -0.2) is 0 Å². The Balaban J connectivity index is 3.59. The summed E-state index contributed by atoms with van der Waals surface area (Å²) >= 11 is 2.06. The van der Waals surface area contributed by atoms with Crippen LogP contribution in [0.1, 0.15) is 19.8 Å². The Hall–Kier alpha value is 0.300. The minimum Gasteiger partial charge on any atom is -0.386 e. The van der Waals surface area contributed by atoms with E-state index < -0.39 is 10.9 Å². The van der Waals surface area contributed by atoms with Crippen molar-refractivity contribution in [3.8, 4) is 0 Å². The lowest BCUT2D eigenvalue weighted by Crippen LogP contribution is -2.26. The third-order valence-electron chi connectivity index (χ3n) is 0.940. The van der Waals surface area contributed by atoms with Crippen molar-refractivity contribution in [3.63, 3.8) is 0 Å². The van der Waals surface area contributed by atoms with E-state index in [0.717, 1.165) is 0 Å². The topological polar surface area (TPSA) is 20.2 Å². The van der Waals surface area contributed by atoms with Crippen LogP contribution in [0.4, 0.5) is 8.78 Å². The average molecular weight is 203 g/mol. The highest BCUT2D eigenvalue weighted by Crippen LogP contribution is 2.28. The lowest BCUT2D eigenvalue weighted by atomic mass is 10.2. The van der Waals surface area contributed by atoms with Crippen LogP contribution in [-0.2, 0) is 0 Å². The molecule has 0 rings (SSSR count). The molecule has 4 heteroatoms. The molecule has 0 heterocycles. The maximum Gasteiger partial charge on any atom is 0.326 e. The summed E-state index contributed by atoms with van der Waals surface area (Å²) in [5.74, 6) is 0. The third kappa shape index (κ3) is 3.81. The number of hydrogen-bond donors (Lipinski definition) is 1. The summed E-state index contributed by atoms with van der Waals surface area (Å²) in [6.07, 6.45) is -0.872. The quantitative estimate of drug-likeness (QED) is 0.696. The summed E-state index contributed by atoms with van der Waals surface area (Å²) < 4.78 is 23.9. The van der Waals surface area contributed by atoms with E-state index in [1.807, 2.05) is 0 Å². The van der Waals surface area contributed by atoms with Crippen molar-refractivity contribution in [1.82, 2.24) is 0 Å². The van der Waals surface area contributed by atoms with E-state index in [-0.39, 0.29) is 6.42 Å². The van der Waals surface area contributed by atoms with E-state index in [9.17, 15) is 8.78 Å². The smallest absolute Gasteiger partial charge is 0.326 e. The van der Waals surface area contributed by atoms with Crippen LogP contribution in [0.15, 0.2) is 0 Å². The first kappa shape index (κ1) is 9.30. The number of aliphatic hydroxyl groups is 1. The molecule has 0 aliphatic carbocycles. The molecule has 0 aromatic rings. The molecule has 1 atom stereocenters. The standard InChI is InChI=1S/C5H9BrF2O/c1-2-3-4(9)5(6,7)8/h4,9H,2-3H2,1H3. The lowest BCUT2D eigenvalue weighted by molar-refractivity contribution is -0.0319. The summed E-state index contributed by atoms with van der Waals surface area (Å²) in [4.78, 5) is -3.12. The van der Waals surface area contributed by atoms with Crippen molar-refractivity contribution in [3.05, 3.63) is 0 Å². The van der Waals surface area contributed by atoms with Gasteiger partial charge in [-0.3, -0.25) is 0 Å². The molecule has 1 unspecified atom stereocenters. The molecule has 0 saturated carbocycles. The van der Waals surface area contributed by atoms with Crippen molar-refractivity contribution >= 4 is 15.9 Å². The number of alkyl halides is 3. The highest BCUT2D eigenvalue weighted by Gasteiger charge is 2.33. The molecule has 0 radical (unpaired) electrons. The minimum atomic E-state index is -3.12. The van der Waals surface area contributed by atoms with Gasteiger partial charge in [0.25, 0.3) is 0 Å². The Morgan fingerprint density at radius 2 is 2.11 bits per heavy atom. The zero-order valence-electron chi connectivity index (χ0n) is 5.07. The predicted octanol–water partition coefficient (Wildman–Crippen LogP) is 2.14. The second kappa shape index (κ2) is 3.46. The average Bonchev–Trinajstić information content (AvgIpc) is 1.64. The van der Waals surface area contributed by atoms with E-state index in [1.165, 1.54) is 0 Å². The van der Waals surface area contributed by atoms with Gasteiger partial charge in [-0.1, -0.05) is 13.3 Å². The fourth-order valence-corrected chi connectivity index (χ4v) is 0.666. The number of aliphatic hydroxyl groups excluding tert-OH is 1. The lowest BCUT2D eigenvalue weighted by Gasteiger charge is -2.14. The Bertz CT molecular complexity index is 81.5. The summed E-state index contributed by atoms with van der Waals surface area (Å²) in [5, 5.41) is 8.59. The van der Waals surface area contributed by atoms with Gasteiger partial charge >= 0.3 is 4.83 Å². The van der Waals surface area contributed by atoms with Gasteiger partial charge < -0.3 is 5.11 Å². The van der Waals surface area contributed by atoms with Crippen molar-refractivity contribution in [2.75, 3.05) is 0 Å². The fraction of sp³-hybridized carbons (Fsp3) is 1.00. The monoisotopic (exact) mass is 202 g/mol. The van der Waals surface area contributed by atoms with Crippen LogP contribution in [0, 0.1) is 0 Å². The van der Waals surface area contributed by atoms with E-state index in [1.54, 1.807) is 6.92 Å². The normalized spacial score (nSPS) is 15.7. The van der Waals surface area contributed by atoms with Crippen LogP contribution in [-0.4, -0.2) is 16.0 Å². The maximum atomic E-state index is 12.0. The SMILES string of the molecule is CCCC(O)C(F)(F)Br. The molecule has 9 heavy (non-hydrogen) atoms. The number of halogens is 3. The van der Waals surface area contributed by atoms with Gasteiger partial charge in [-0.05, 0) is 22.4 Å². The van der Waals surface area contributed by atoms with E-state index in [2.05, 4.69) is 15.9 Å².